The minimum atomic E-state index is -0.318. The van der Waals surface area contributed by atoms with E-state index in [-0.39, 0.29) is 24.2 Å². The van der Waals surface area contributed by atoms with Crippen molar-refractivity contribution < 1.29 is 9.59 Å². The van der Waals surface area contributed by atoms with E-state index >= 15 is 0 Å². The lowest BCUT2D eigenvalue weighted by Crippen LogP contribution is -2.30. The molecule has 0 radical (unpaired) electrons. The number of thiazole rings is 1. The standard InChI is InChI=1S/C24H27N5O2S/c1-28(2)10-5-11-29-15-19(13-22(29)30)23(31)26-20-8-3-6-17(12-20)21-16-32-24(27-21)18-7-4-9-25-14-18/h3-4,6-9,12,14,16,19H,5,10-11,13,15H2,1-2H3,(H,26,31). The molecule has 3 aromatic rings. The van der Waals surface area contributed by atoms with Gasteiger partial charge in [-0.05, 0) is 51.3 Å². The molecule has 0 bridgehead atoms. The van der Waals surface area contributed by atoms with Gasteiger partial charge in [-0.15, -0.1) is 11.3 Å². The summed E-state index contributed by atoms with van der Waals surface area (Å²) in [5, 5.41) is 5.90. The van der Waals surface area contributed by atoms with E-state index in [1.807, 2.05) is 55.9 Å². The fourth-order valence-corrected chi connectivity index (χ4v) is 4.59. The molecule has 3 heterocycles. The summed E-state index contributed by atoms with van der Waals surface area (Å²) < 4.78 is 0. The Kier molecular flexibility index (Phi) is 6.92. The molecule has 1 aliphatic rings. The van der Waals surface area contributed by atoms with E-state index < -0.39 is 0 Å². The summed E-state index contributed by atoms with van der Waals surface area (Å²) >= 11 is 1.56. The number of nitrogens with zero attached hydrogens (tertiary/aromatic N) is 4. The highest BCUT2D eigenvalue weighted by Crippen LogP contribution is 2.30. The first-order chi connectivity index (χ1) is 15.5. The number of aromatic nitrogens is 2. The van der Waals surface area contributed by atoms with E-state index in [9.17, 15) is 9.59 Å². The fraction of sp³-hybridized carbons (Fsp3) is 0.333. The maximum atomic E-state index is 12.8. The predicted octanol–water partition coefficient (Wildman–Crippen LogP) is 3.61. The van der Waals surface area contributed by atoms with Gasteiger partial charge in [0.1, 0.15) is 5.01 Å². The number of amides is 2. The van der Waals surface area contributed by atoms with Crippen LogP contribution in [0.1, 0.15) is 12.8 Å². The van der Waals surface area contributed by atoms with Crippen molar-refractivity contribution in [1.82, 2.24) is 19.8 Å². The molecule has 1 saturated heterocycles. The van der Waals surface area contributed by atoms with Crippen LogP contribution in [-0.4, -0.2) is 65.3 Å². The molecule has 32 heavy (non-hydrogen) atoms. The zero-order chi connectivity index (χ0) is 22.5. The van der Waals surface area contributed by atoms with Crippen LogP contribution in [0.15, 0.2) is 54.2 Å². The van der Waals surface area contributed by atoms with Gasteiger partial charge < -0.3 is 15.1 Å². The number of nitrogens with one attached hydrogen (secondary N) is 1. The van der Waals surface area contributed by atoms with Gasteiger partial charge >= 0.3 is 0 Å². The van der Waals surface area contributed by atoms with Gasteiger partial charge in [0.2, 0.25) is 11.8 Å². The molecule has 1 unspecified atom stereocenters. The normalized spacial score (nSPS) is 16.0. The number of hydrogen-bond donors (Lipinski definition) is 1. The van der Waals surface area contributed by atoms with Crippen molar-refractivity contribution in [1.29, 1.82) is 0 Å². The summed E-state index contributed by atoms with van der Waals surface area (Å²) in [6, 6.07) is 11.5. The van der Waals surface area contributed by atoms with E-state index in [2.05, 4.69) is 15.2 Å². The van der Waals surface area contributed by atoms with Crippen molar-refractivity contribution in [2.24, 2.45) is 5.92 Å². The van der Waals surface area contributed by atoms with Crippen LogP contribution in [0.25, 0.3) is 21.8 Å². The molecule has 7 nitrogen and oxygen atoms in total. The Balaban J connectivity index is 1.39. The Labute approximate surface area is 192 Å². The Morgan fingerprint density at radius 2 is 2.09 bits per heavy atom. The Hall–Kier alpha value is -3.10. The molecule has 166 valence electrons. The number of pyridine rings is 1. The smallest absolute Gasteiger partial charge is 0.229 e. The van der Waals surface area contributed by atoms with Crippen LogP contribution in [0, 0.1) is 5.92 Å². The van der Waals surface area contributed by atoms with E-state index in [0.29, 0.717) is 18.8 Å². The lowest BCUT2D eigenvalue weighted by atomic mass is 10.1. The number of hydrogen-bond acceptors (Lipinski definition) is 6. The van der Waals surface area contributed by atoms with E-state index in [1.54, 1.807) is 28.6 Å². The van der Waals surface area contributed by atoms with E-state index in [0.717, 1.165) is 34.8 Å². The number of benzene rings is 1. The molecule has 4 rings (SSSR count). The summed E-state index contributed by atoms with van der Waals surface area (Å²) in [4.78, 5) is 37.9. The van der Waals surface area contributed by atoms with E-state index in [1.165, 1.54) is 0 Å². The van der Waals surface area contributed by atoms with Crippen molar-refractivity contribution in [3.05, 3.63) is 54.2 Å². The van der Waals surface area contributed by atoms with Crippen molar-refractivity contribution in [2.75, 3.05) is 39.0 Å². The molecular formula is C24H27N5O2S. The second-order valence-corrected chi connectivity index (χ2v) is 9.11. The third-order valence-electron chi connectivity index (χ3n) is 5.46. The van der Waals surface area contributed by atoms with Crippen molar-refractivity contribution in [3.63, 3.8) is 0 Å². The van der Waals surface area contributed by atoms with Crippen LogP contribution in [0.2, 0.25) is 0 Å². The molecule has 0 aliphatic carbocycles. The van der Waals surface area contributed by atoms with Crippen LogP contribution in [0.4, 0.5) is 5.69 Å². The Bertz CT molecular complexity index is 1080. The average Bonchev–Trinajstić information content (AvgIpc) is 3.42. The Morgan fingerprint density at radius 3 is 2.88 bits per heavy atom. The van der Waals surface area contributed by atoms with Crippen molar-refractivity contribution >= 4 is 28.8 Å². The lowest BCUT2D eigenvalue weighted by molar-refractivity contribution is -0.128. The third kappa shape index (κ3) is 5.38. The number of carbonyl (C=O) groups excluding carboxylic acids is 2. The minimum Gasteiger partial charge on any atom is -0.342 e. The summed E-state index contributed by atoms with van der Waals surface area (Å²) in [5.41, 5.74) is 3.48. The molecule has 2 amide bonds. The fourth-order valence-electron chi connectivity index (χ4n) is 3.77. The highest BCUT2D eigenvalue weighted by Gasteiger charge is 2.34. The molecule has 1 aliphatic heterocycles. The van der Waals surface area contributed by atoms with Crippen LogP contribution in [0.5, 0.6) is 0 Å². The molecule has 1 atom stereocenters. The first-order valence-corrected chi connectivity index (χ1v) is 11.6. The molecule has 0 spiro atoms. The highest BCUT2D eigenvalue weighted by atomic mass is 32.1. The summed E-state index contributed by atoms with van der Waals surface area (Å²) in [7, 11) is 4.03. The molecule has 0 saturated carbocycles. The molecule has 1 N–H and O–H groups in total. The quantitative estimate of drug-likeness (QED) is 0.568. The molecule has 1 fully saturated rings. The van der Waals surface area contributed by atoms with Gasteiger partial charge in [-0.3, -0.25) is 14.6 Å². The predicted molar refractivity (Wildman–Crippen MR) is 127 cm³/mol. The maximum Gasteiger partial charge on any atom is 0.229 e. The second-order valence-electron chi connectivity index (χ2n) is 8.25. The highest BCUT2D eigenvalue weighted by molar-refractivity contribution is 7.13. The molecule has 8 heteroatoms. The second kappa shape index (κ2) is 10.0. The SMILES string of the molecule is CN(C)CCCN1CC(C(=O)Nc2cccc(-c3csc(-c4cccnc4)n3)c2)CC1=O. The van der Waals surface area contributed by atoms with Gasteiger partial charge in [-0.25, -0.2) is 4.98 Å². The van der Waals surface area contributed by atoms with Crippen LogP contribution in [0.3, 0.4) is 0 Å². The minimum absolute atomic E-state index is 0.0584. The first kappa shape index (κ1) is 22.1. The van der Waals surface area contributed by atoms with Crippen LogP contribution in [-0.2, 0) is 9.59 Å². The van der Waals surface area contributed by atoms with Gasteiger partial charge in [-0.2, -0.15) is 0 Å². The summed E-state index contributed by atoms with van der Waals surface area (Å²) in [6.07, 6.45) is 4.72. The van der Waals surface area contributed by atoms with Gasteiger partial charge in [0.25, 0.3) is 0 Å². The summed E-state index contributed by atoms with van der Waals surface area (Å²) in [6.45, 7) is 2.10. The third-order valence-corrected chi connectivity index (χ3v) is 6.35. The first-order valence-electron chi connectivity index (χ1n) is 10.7. The summed E-state index contributed by atoms with van der Waals surface area (Å²) in [5.74, 6) is -0.370. The number of carbonyl (C=O) groups is 2. The van der Waals surface area contributed by atoms with Crippen molar-refractivity contribution in [2.45, 2.75) is 12.8 Å². The monoisotopic (exact) mass is 449 g/mol. The Morgan fingerprint density at radius 1 is 1.25 bits per heavy atom. The topological polar surface area (TPSA) is 78.4 Å². The van der Waals surface area contributed by atoms with Crippen LogP contribution >= 0.6 is 11.3 Å². The maximum absolute atomic E-state index is 12.8. The number of rotatable bonds is 8. The van der Waals surface area contributed by atoms with Gasteiger partial charge in [0.15, 0.2) is 0 Å². The van der Waals surface area contributed by atoms with Crippen molar-refractivity contribution in [3.8, 4) is 21.8 Å². The number of likely N-dealkylation sites (tertiary alicyclic amines) is 1. The zero-order valence-corrected chi connectivity index (χ0v) is 19.1. The average molecular weight is 450 g/mol. The van der Waals surface area contributed by atoms with E-state index in [4.69, 9.17) is 4.98 Å². The lowest BCUT2D eigenvalue weighted by Gasteiger charge is -2.18. The van der Waals surface area contributed by atoms with Gasteiger partial charge in [-0.1, -0.05) is 12.1 Å². The number of anilines is 1. The van der Waals surface area contributed by atoms with Gasteiger partial charge in [0.05, 0.1) is 11.6 Å². The van der Waals surface area contributed by atoms with Gasteiger partial charge in [0, 0.05) is 54.1 Å². The molecular weight excluding hydrogens is 422 g/mol. The molecule has 1 aromatic carbocycles. The van der Waals surface area contributed by atoms with Crippen LogP contribution < -0.4 is 5.32 Å². The molecule has 2 aromatic heterocycles. The largest absolute Gasteiger partial charge is 0.342 e. The zero-order valence-electron chi connectivity index (χ0n) is 18.3.